The van der Waals surface area contributed by atoms with E-state index < -0.39 is 5.60 Å². The molecule has 3 aromatic heterocycles. The van der Waals surface area contributed by atoms with Crippen molar-refractivity contribution in [3.8, 4) is 11.5 Å². The minimum absolute atomic E-state index is 0.390. The van der Waals surface area contributed by atoms with Gasteiger partial charge in [0.1, 0.15) is 0 Å². The van der Waals surface area contributed by atoms with Crippen molar-refractivity contribution in [2.75, 3.05) is 0 Å². The second-order valence-corrected chi connectivity index (χ2v) is 9.87. The maximum Gasteiger partial charge on any atom is 0.230 e. The third-order valence-corrected chi connectivity index (χ3v) is 5.88. The van der Waals surface area contributed by atoms with Gasteiger partial charge in [-0.05, 0) is 64.8 Å². The predicted octanol–water partition coefficient (Wildman–Crippen LogP) is 5.79. The largest absolute Gasteiger partial charge is 0.436 e. The zero-order valence-corrected chi connectivity index (χ0v) is 20.4. The minimum Gasteiger partial charge on any atom is -0.436 e. The molecule has 0 atom stereocenters. The van der Waals surface area contributed by atoms with Crippen LogP contribution in [0.5, 0.6) is 0 Å². The van der Waals surface area contributed by atoms with E-state index in [1.807, 2.05) is 38.1 Å². The lowest BCUT2D eigenvalue weighted by Gasteiger charge is -2.17. The number of hydrogen-bond donors (Lipinski definition) is 1. The van der Waals surface area contributed by atoms with Gasteiger partial charge in [-0.1, -0.05) is 23.4 Å². The number of rotatable bonds is 8. The summed E-state index contributed by atoms with van der Waals surface area (Å²) < 4.78 is 13.4. The van der Waals surface area contributed by atoms with Crippen molar-refractivity contribution < 1.29 is 14.0 Å². The van der Waals surface area contributed by atoms with Gasteiger partial charge in [0.25, 0.3) is 0 Å². The Morgan fingerprint density at radius 2 is 2.06 bits per heavy atom. The molecular weight excluding hydrogens is 442 g/mol. The summed E-state index contributed by atoms with van der Waals surface area (Å²) in [5, 5.41) is 19.7. The molecule has 0 saturated heterocycles. The van der Waals surface area contributed by atoms with E-state index in [9.17, 15) is 5.11 Å². The highest BCUT2D eigenvalue weighted by Crippen LogP contribution is 2.39. The molecule has 1 N–H and O–H groups in total. The Morgan fingerprint density at radius 1 is 1.26 bits per heavy atom. The van der Waals surface area contributed by atoms with Crippen LogP contribution in [0.15, 0.2) is 63.8 Å². The molecule has 0 spiro atoms. The molecule has 0 unspecified atom stereocenters. The molecule has 180 valence electrons. The van der Waals surface area contributed by atoms with E-state index >= 15 is 0 Å². The first-order chi connectivity index (χ1) is 16.7. The van der Waals surface area contributed by atoms with Crippen molar-refractivity contribution in [1.82, 2.24) is 24.9 Å². The zero-order valence-electron chi connectivity index (χ0n) is 20.4. The molecule has 1 aliphatic carbocycles. The molecule has 3 heterocycles. The first-order valence-corrected chi connectivity index (χ1v) is 11.7. The standard InChI is InChI=1S/C27H29N5O3/c1-6-17(24-30-26(35-31-24)18-7-8-18)12-21(16(2)3)23-14-28-25(34-23)19-9-10-22-20(11-19)13-29-32(22)15-27(4,5)33/h6,9-14,18,33H,1,7-8,15H2,2-5H3/b17-12+. The highest BCUT2D eigenvalue weighted by atomic mass is 16.5. The molecule has 1 saturated carbocycles. The average molecular weight is 472 g/mol. The van der Waals surface area contributed by atoms with Gasteiger partial charge >= 0.3 is 0 Å². The number of oxazole rings is 1. The van der Waals surface area contributed by atoms with E-state index in [1.165, 1.54) is 0 Å². The maximum absolute atomic E-state index is 10.1. The monoisotopic (exact) mass is 471 g/mol. The fourth-order valence-electron chi connectivity index (χ4n) is 3.93. The lowest BCUT2D eigenvalue weighted by atomic mass is 10.0. The van der Waals surface area contributed by atoms with E-state index in [4.69, 9.17) is 8.94 Å². The SMILES string of the molecule is C=C/C(=C\C(=C(C)C)c1cnc(-c2ccc3c(cnn3CC(C)(C)O)c2)o1)c1noc(C2CC2)n1. The van der Waals surface area contributed by atoms with Crippen LogP contribution in [0.3, 0.4) is 0 Å². The van der Waals surface area contributed by atoms with Crippen molar-refractivity contribution in [1.29, 1.82) is 0 Å². The summed E-state index contributed by atoms with van der Waals surface area (Å²) in [6.07, 6.45) is 9.39. The van der Waals surface area contributed by atoms with Crippen molar-refractivity contribution in [3.05, 3.63) is 72.4 Å². The molecule has 4 aromatic rings. The highest BCUT2D eigenvalue weighted by molar-refractivity contribution is 5.86. The highest BCUT2D eigenvalue weighted by Gasteiger charge is 2.30. The smallest absolute Gasteiger partial charge is 0.230 e. The number of allylic oxidation sites excluding steroid dienone is 5. The van der Waals surface area contributed by atoms with Crippen molar-refractivity contribution in [2.24, 2.45) is 0 Å². The Bertz CT molecular complexity index is 1450. The fraction of sp³-hybridized carbons (Fsp3) is 0.333. The van der Waals surface area contributed by atoms with Gasteiger partial charge in [0.15, 0.2) is 5.76 Å². The van der Waals surface area contributed by atoms with Crippen molar-refractivity contribution in [2.45, 2.75) is 58.6 Å². The van der Waals surface area contributed by atoms with Crippen LogP contribution in [0.4, 0.5) is 0 Å². The van der Waals surface area contributed by atoms with Crippen LogP contribution < -0.4 is 0 Å². The summed E-state index contributed by atoms with van der Waals surface area (Å²) in [7, 11) is 0. The molecule has 35 heavy (non-hydrogen) atoms. The third-order valence-electron chi connectivity index (χ3n) is 5.88. The van der Waals surface area contributed by atoms with Crippen LogP contribution in [-0.2, 0) is 6.54 Å². The number of aromatic nitrogens is 5. The summed E-state index contributed by atoms with van der Waals surface area (Å²) in [6.45, 7) is 11.9. The Kier molecular flexibility index (Phi) is 5.76. The topological polar surface area (TPSA) is 103 Å². The summed E-state index contributed by atoms with van der Waals surface area (Å²) in [5.74, 6) is 2.76. The van der Waals surface area contributed by atoms with Gasteiger partial charge in [0, 0.05) is 28.0 Å². The predicted molar refractivity (Wildman–Crippen MR) is 134 cm³/mol. The molecular formula is C27H29N5O3. The molecule has 0 amide bonds. The first kappa shape index (κ1) is 23.0. The maximum atomic E-state index is 10.1. The van der Waals surface area contributed by atoms with E-state index in [-0.39, 0.29) is 0 Å². The van der Waals surface area contributed by atoms with Gasteiger partial charge < -0.3 is 14.0 Å². The van der Waals surface area contributed by atoms with Crippen LogP contribution in [-0.4, -0.2) is 35.6 Å². The van der Waals surface area contributed by atoms with E-state index in [2.05, 4.69) is 26.8 Å². The van der Waals surface area contributed by atoms with E-state index in [0.29, 0.717) is 35.8 Å². The number of aliphatic hydroxyl groups is 1. The number of fused-ring (bicyclic) bond motifs is 1. The van der Waals surface area contributed by atoms with Crippen molar-refractivity contribution in [3.63, 3.8) is 0 Å². The second kappa shape index (κ2) is 8.78. The van der Waals surface area contributed by atoms with Crippen LogP contribution in [0.1, 0.15) is 63.9 Å². The van der Waals surface area contributed by atoms with E-state index in [1.54, 1.807) is 37.0 Å². The Hall–Kier alpha value is -3.78. The van der Waals surface area contributed by atoms with Gasteiger partial charge in [-0.25, -0.2) is 4.98 Å². The average Bonchev–Trinajstić information content (AvgIpc) is 3.19. The molecule has 5 rings (SSSR count). The fourth-order valence-corrected chi connectivity index (χ4v) is 3.93. The Balaban J connectivity index is 1.44. The Labute approximate surface area is 203 Å². The number of hydrogen-bond acceptors (Lipinski definition) is 7. The normalized spacial score (nSPS) is 14.5. The van der Waals surface area contributed by atoms with Crippen LogP contribution in [0.2, 0.25) is 0 Å². The molecule has 0 bridgehead atoms. The minimum atomic E-state index is -0.853. The molecule has 8 heteroatoms. The summed E-state index contributed by atoms with van der Waals surface area (Å²) in [5.41, 5.74) is 3.64. The zero-order chi connectivity index (χ0) is 24.7. The summed E-state index contributed by atoms with van der Waals surface area (Å²) in [6, 6.07) is 5.91. The van der Waals surface area contributed by atoms with Crippen molar-refractivity contribution >= 4 is 22.0 Å². The van der Waals surface area contributed by atoms with Gasteiger partial charge in [0.2, 0.25) is 17.6 Å². The lowest BCUT2D eigenvalue weighted by molar-refractivity contribution is 0.0591. The molecule has 1 fully saturated rings. The van der Waals surface area contributed by atoms with Gasteiger partial charge in [0.05, 0.1) is 30.1 Å². The second-order valence-electron chi connectivity index (χ2n) is 9.87. The van der Waals surface area contributed by atoms with Gasteiger partial charge in [-0.2, -0.15) is 10.1 Å². The first-order valence-electron chi connectivity index (χ1n) is 11.7. The van der Waals surface area contributed by atoms with Crippen LogP contribution in [0, 0.1) is 0 Å². The van der Waals surface area contributed by atoms with E-state index in [0.717, 1.165) is 46.0 Å². The van der Waals surface area contributed by atoms with Gasteiger partial charge in [-0.3, -0.25) is 4.68 Å². The summed E-state index contributed by atoms with van der Waals surface area (Å²) >= 11 is 0. The summed E-state index contributed by atoms with van der Waals surface area (Å²) in [4.78, 5) is 9.08. The van der Waals surface area contributed by atoms with Crippen LogP contribution in [0.25, 0.3) is 33.5 Å². The number of benzene rings is 1. The Morgan fingerprint density at radius 3 is 2.74 bits per heavy atom. The lowest BCUT2D eigenvalue weighted by Crippen LogP contribution is -2.26. The quantitative estimate of drug-likeness (QED) is 0.325. The molecule has 1 aromatic carbocycles. The molecule has 8 nitrogen and oxygen atoms in total. The molecule has 1 aliphatic rings. The van der Waals surface area contributed by atoms with Crippen LogP contribution >= 0.6 is 0 Å². The molecule has 0 radical (unpaired) electrons. The number of nitrogens with zero attached hydrogens (tertiary/aromatic N) is 5. The molecule has 0 aliphatic heterocycles. The van der Waals surface area contributed by atoms with Gasteiger partial charge in [-0.15, -0.1) is 0 Å². The third kappa shape index (κ3) is 4.88.